The summed E-state index contributed by atoms with van der Waals surface area (Å²) in [5, 5.41) is 9.47. The Balaban J connectivity index is 1.03. The van der Waals surface area contributed by atoms with Crippen molar-refractivity contribution in [2.45, 2.75) is 50.8 Å². The normalized spacial score (nSPS) is 22.4. The number of halogens is 3. The number of rotatable bonds is 8. The van der Waals surface area contributed by atoms with Gasteiger partial charge in [-0.2, -0.15) is 5.10 Å². The lowest BCUT2D eigenvalue weighted by atomic mass is 9.79. The molecule has 1 atom stereocenters. The van der Waals surface area contributed by atoms with E-state index in [4.69, 9.17) is 4.74 Å². The quantitative estimate of drug-likeness (QED) is 0.271. The van der Waals surface area contributed by atoms with Gasteiger partial charge in [-0.15, -0.1) is 13.2 Å². The molecule has 1 aromatic carbocycles. The minimum atomic E-state index is -4.75. The molecule has 0 spiro atoms. The standard InChI is InChI=1S/C29H32F3N5O4S/c30-29(31,32)41-23-9-7-22(8-10-23)40-17-20-2-1-13-37(16-20)42(38,39)18-19-3-5-21(6-4-19)25-14-35-36-26-15-34-28-24(27(25)26)11-12-33-28/h7-12,14-15,19-21,36H,1-6,13,16-18H2. The Bertz CT molecular complexity index is 1640. The molecule has 0 amide bonds. The molecule has 4 heterocycles. The predicted octanol–water partition coefficient (Wildman–Crippen LogP) is 5.80. The van der Waals surface area contributed by atoms with Gasteiger partial charge in [0, 0.05) is 36.0 Å². The molecule has 13 heteroatoms. The molecule has 1 aliphatic heterocycles. The van der Waals surface area contributed by atoms with Gasteiger partial charge in [-0.05, 0) is 86.3 Å². The number of nitrogens with one attached hydrogen (secondary N) is 1. The van der Waals surface area contributed by atoms with Gasteiger partial charge >= 0.3 is 6.36 Å². The number of ether oxygens (including phenoxy) is 2. The Kier molecular flexibility index (Phi) is 7.97. The molecule has 6 rings (SSSR count). The van der Waals surface area contributed by atoms with Gasteiger partial charge in [-0.1, -0.05) is 0 Å². The first-order chi connectivity index (χ1) is 20.1. The lowest BCUT2D eigenvalue weighted by molar-refractivity contribution is -0.274. The third-order valence-corrected chi connectivity index (χ3v) is 10.4. The largest absolute Gasteiger partial charge is 0.573 e. The van der Waals surface area contributed by atoms with E-state index in [1.54, 1.807) is 16.7 Å². The van der Waals surface area contributed by atoms with E-state index in [1.165, 1.54) is 24.3 Å². The van der Waals surface area contributed by atoms with Gasteiger partial charge in [-0.3, -0.25) is 5.10 Å². The van der Waals surface area contributed by atoms with Crippen LogP contribution in [0.15, 0.2) is 48.9 Å². The lowest BCUT2D eigenvalue weighted by Crippen LogP contribution is -2.43. The van der Waals surface area contributed by atoms with E-state index in [0.717, 1.165) is 60.4 Å². The maximum atomic E-state index is 13.4. The first kappa shape index (κ1) is 28.7. The van der Waals surface area contributed by atoms with Crippen molar-refractivity contribution < 1.29 is 31.1 Å². The monoisotopic (exact) mass is 603 g/mol. The minimum absolute atomic E-state index is 0.00281. The topological polar surface area (TPSA) is 110 Å². The number of alkyl halides is 3. The number of benzene rings is 1. The van der Waals surface area contributed by atoms with Crippen molar-refractivity contribution in [3.05, 3.63) is 54.5 Å². The highest BCUT2D eigenvalue weighted by Gasteiger charge is 2.34. The first-order valence-electron chi connectivity index (χ1n) is 14.2. The number of aromatic nitrogens is 4. The number of hydrogen-bond acceptors (Lipinski definition) is 7. The first-order valence-corrected chi connectivity index (χ1v) is 15.8. The van der Waals surface area contributed by atoms with Crippen molar-refractivity contribution in [1.29, 1.82) is 0 Å². The van der Waals surface area contributed by atoms with E-state index in [2.05, 4.69) is 24.9 Å². The molecular formula is C29H32F3N5O4S. The van der Waals surface area contributed by atoms with Crippen LogP contribution in [0.1, 0.15) is 50.0 Å². The molecule has 9 nitrogen and oxygen atoms in total. The second-order valence-electron chi connectivity index (χ2n) is 11.2. The molecule has 0 radical (unpaired) electrons. The fourth-order valence-electron chi connectivity index (χ4n) is 6.31. The average molecular weight is 604 g/mol. The summed E-state index contributed by atoms with van der Waals surface area (Å²) < 4.78 is 75.2. The molecule has 0 bridgehead atoms. The highest BCUT2D eigenvalue weighted by atomic mass is 32.2. The maximum absolute atomic E-state index is 13.4. The van der Waals surface area contributed by atoms with Gasteiger partial charge < -0.3 is 9.47 Å². The number of piperidine rings is 1. The molecule has 2 aliphatic rings. The van der Waals surface area contributed by atoms with Gasteiger partial charge in [-0.25, -0.2) is 22.7 Å². The molecule has 1 N–H and O–H groups in total. The summed E-state index contributed by atoms with van der Waals surface area (Å²) in [4.78, 5) is 8.73. The summed E-state index contributed by atoms with van der Waals surface area (Å²) in [5.74, 6) is 0.614. The zero-order chi connectivity index (χ0) is 29.3. The Hall–Kier alpha value is -3.45. The Morgan fingerprint density at radius 3 is 2.48 bits per heavy atom. The Morgan fingerprint density at radius 2 is 1.71 bits per heavy atom. The number of sulfonamides is 1. The summed E-state index contributed by atoms with van der Waals surface area (Å²) in [7, 11) is -3.44. The van der Waals surface area contributed by atoms with E-state index in [0.29, 0.717) is 30.4 Å². The van der Waals surface area contributed by atoms with Crippen molar-refractivity contribution in [3.63, 3.8) is 0 Å². The van der Waals surface area contributed by atoms with Crippen LogP contribution in [0.3, 0.4) is 0 Å². The highest BCUT2D eigenvalue weighted by molar-refractivity contribution is 7.89. The zero-order valence-corrected chi connectivity index (χ0v) is 23.7. The van der Waals surface area contributed by atoms with Gasteiger partial charge in [0.05, 0.1) is 30.3 Å². The van der Waals surface area contributed by atoms with E-state index in [1.807, 2.05) is 12.3 Å². The molecule has 1 aliphatic carbocycles. The molecule has 3 aromatic heterocycles. The van der Waals surface area contributed by atoms with E-state index in [-0.39, 0.29) is 29.9 Å². The molecule has 42 heavy (non-hydrogen) atoms. The van der Waals surface area contributed by atoms with Gasteiger partial charge in [0.2, 0.25) is 10.0 Å². The summed E-state index contributed by atoms with van der Waals surface area (Å²) in [5.41, 5.74) is 2.74. The molecular weight excluding hydrogens is 571 g/mol. The van der Waals surface area contributed by atoms with Crippen LogP contribution in [0, 0.1) is 11.8 Å². The number of H-pyrrole nitrogens is 1. The molecule has 224 valence electrons. The van der Waals surface area contributed by atoms with Crippen LogP contribution in [0.4, 0.5) is 13.2 Å². The van der Waals surface area contributed by atoms with E-state index in [9.17, 15) is 21.6 Å². The van der Waals surface area contributed by atoms with Crippen molar-refractivity contribution >= 4 is 32.0 Å². The van der Waals surface area contributed by atoms with Crippen LogP contribution in [0.2, 0.25) is 0 Å². The minimum Gasteiger partial charge on any atom is -0.493 e. The van der Waals surface area contributed by atoms with Crippen molar-refractivity contribution in [1.82, 2.24) is 24.5 Å². The number of aromatic amines is 1. The average Bonchev–Trinajstić information content (AvgIpc) is 3.46. The number of nitrogens with zero attached hydrogens (tertiary/aromatic N) is 4. The third-order valence-electron chi connectivity index (χ3n) is 8.36. The summed E-state index contributed by atoms with van der Waals surface area (Å²) in [6, 6.07) is 7.19. The zero-order valence-electron chi connectivity index (χ0n) is 22.9. The van der Waals surface area contributed by atoms with Crippen LogP contribution < -0.4 is 9.47 Å². The summed E-state index contributed by atoms with van der Waals surface area (Å²) in [6.45, 7) is 1.16. The van der Waals surface area contributed by atoms with Gasteiger partial charge in [0.25, 0.3) is 0 Å². The van der Waals surface area contributed by atoms with Crippen LogP contribution >= 0.6 is 0 Å². The summed E-state index contributed by atoms with van der Waals surface area (Å²) >= 11 is 0. The van der Waals surface area contributed by atoms with Crippen LogP contribution in [-0.2, 0) is 10.0 Å². The van der Waals surface area contributed by atoms with Crippen molar-refractivity contribution in [2.75, 3.05) is 25.4 Å². The molecule has 1 saturated carbocycles. The lowest BCUT2D eigenvalue weighted by Gasteiger charge is -2.34. The second-order valence-corrected chi connectivity index (χ2v) is 13.3. The van der Waals surface area contributed by atoms with Crippen molar-refractivity contribution in [3.8, 4) is 11.5 Å². The van der Waals surface area contributed by atoms with Crippen LogP contribution in [-0.4, -0.2) is 64.7 Å². The van der Waals surface area contributed by atoms with E-state index < -0.39 is 16.4 Å². The maximum Gasteiger partial charge on any atom is 0.573 e. The molecule has 2 fully saturated rings. The fourth-order valence-corrected chi connectivity index (χ4v) is 8.30. The molecule has 1 unspecified atom stereocenters. The Labute approximate surface area is 241 Å². The number of fused-ring (bicyclic) bond motifs is 3. The van der Waals surface area contributed by atoms with Crippen molar-refractivity contribution in [2.24, 2.45) is 11.8 Å². The molecule has 4 aromatic rings. The predicted molar refractivity (Wildman–Crippen MR) is 151 cm³/mol. The summed E-state index contributed by atoms with van der Waals surface area (Å²) in [6.07, 6.45) is 5.65. The van der Waals surface area contributed by atoms with Gasteiger partial charge in [0.15, 0.2) is 5.65 Å². The number of pyridine rings is 1. The second kappa shape index (κ2) is 11.7. The molecule has 1 saturated heterocycles. The van der Waals surface area contributed by atoms with Crippen LogP contribution in [0.25, 0.3) is 21.9 Å². The van der Waals surface area contributed by atoms with Gasteiger partial charge in [0.1, 0.15) is 11.5 Å². The smallest absolute Gasteiger partial charge is 0.493 e. The Morgan fingerprint density at radius 1 is 0.952 bits per heavy atom. The van der Waals surface area contributed by atoms with Crippen LogP contribution in [0.5, 0.6) is 11.5 Å². The van der Waals surface area contributed by atoms with E-state index >= 15 is 0 Å². The highest BCUT2D eigenvalue weighted by Crippen LogP contribution is 2.40. The number of hydrogen-bond donors (Lipinski definition) is 1. The SMILES string of the molecule is O=S(=O)(CC1CCC(c2cn[nH]c3cnc4nccc4c23)CC1)N1CCCC(COc2ccc(OC(F)(F)F)cc2)C1. The third kappa shape index (κ3) is 6.46. The fraction of sp³-hybridized carbons (Fsp3) is 0.483.